The highest BCUT2D eigenvalue weighted by molar-refractivity contribution is 5.69. The molecule has 2 aromatic heterocycles. The monoisotopic (exact) mass is 289 g/mol. The lowest BCUT2D eigenvalue weighted by Gasteiger charge is -2.37. The van der Waals surface area contributed by atoms with Gasteiger partial charge >= 0.3 is 0 Å². The molecule has 3 heterocycles. The van der Waals surface area contributed by atoms with E-state index >= 15 is 0 Å². The van der Waals surface area contributed by atoms with Gasteiger partial charge in [-0.2, -0.15) is 5.10 Å². The van der Waals surface area contributed by atoms with Gasteiger partial charge in [0.05, 0.1) is 11.3 Å². The van der Waals surface area contributed by atoms with Crippen LogP contribution in [0.15, 0.2) is 18.5 Å². The van der Waals surface area contributed by atoms with Crippen LogP contribution in [0.1, 0.15) is 19.5 Å². The van der Waals surface area contributed by atoms with E-state index < -0.39 is 5.60 Å². The van der Waals surface area contributed by atoms with Crippen LogP contribution in [-0.4, -0.2) is 62.9 Å². The van der Waals surface area contributed by atoms with E-state index in [1.165, 1.54) is 0 Å². The second kappa shape index (κ2) is 5.27. The van der Waals surface area contributed by atoms with Gasteiger partial charge in [-0.15, -0.1) is 0 Å². The Bertz CT molecular complexity index is 623. The highest BCUT2D eigenvalue weighted by atomic mass is 16.3. The lowest BCUT2D eigenvalue weighted by Crippen LogP contribution is -2.50. The number of hydrogen-bond donors (Lipinski definition) is 1. The molecule has 0 bridgehead atoms. The van der Waals surface area contributed by atoms with E-state index in [0.717, 1.165) is 43.2 Å². The molecule has 6 nitrogen and oxygen atoms in total. The van der Waals surface area contributed by atoms with Crippen molar-refractivity contribution in [3.63, 3.8) is 0 Å². The van der Waals surface area contributed by atoms with Crippen molar-refractivity contribution < 1.29 is 5.11 Å². The number of aryl methyl sites for hydroxylation is 1. The largest absolute Gasteiger partial charge is 0.389 e. The first-order chi connectivity index (χ1) is 9.92. The van der Waals surface area contributed by atoms with Crippen molar-refractivity contribution >= 4 is 11.3 Å². The van der Waals surface area contributed by atoms with E-state index in [-0.39, 0.29) is 0 Å². The fourth-order valence-corrected chi connectivity index (χ4v) is 2.94. The number of hydrogen-bond acceptors (Lipinski definition) is 5. The molecule has 6 heteroatoms. The Morgan fingerprint density at radius 2 is 1.95 bits per heavy atom. The van der Waals surface area contributed by atoms with Gasteiger partial charge in [0, 0.05) is 45.1 Å². The summed E-state index contributed by atoms with van der Waals surface area (Å²) in [5.41, 5.74) is 1.43. The van der Waals surface area contributed by atoms with Crippen LogP contribution in [0.3, 0.4) is 0 Å². The minimum Gasteiger partial charge on any atom is -0.389 e. The maximum atomic E-state index is 9.92. The number of aromatic nitrogens is 3. The van der Waals surface area contributed by atoms with Gasteiger partial charge in [-0.25, -0.2) is 9.50 Å². The highest BCUT2D eigenvalue weighted by Crippen LogP contribution is 2.21. The van der Waals surface area contributed by atoms with E-state index in [1.54, 1.807) is 6.20 Å². The first-order valence-electron chi connectivity index (χ1n) is 7.43. The summed E-state index contributed by atoms with van der Waals surface area (Å²) in [6, 6.07) is 2.07. The van der Waals surface area contributed by atoms with Crippen LogP contribution in [0.5, 0.6) is 0 Å². The topological polar surface area (TPSA) is 56.9 Å². The maximum Gasteiger partial charge on any atom is 0.154 e. The molecule has 0 atom stereocenters. The zero-order valence-corrected chi connectivity index (χ0v) is 13.0. The first kappa shape index (κ1) is 14.3. The van der Waals surface area contributed by atoms with Crippen LogP contribution in [0.4, 0.5) is 5.82 Å². The van der Waals surface area contributed by atoms with Crippen molar-refractivity contribution in [2.24, 2.45) is 0 Å². The van der Waals surface area contributed by atoms with Gasteiger partial charge in [0.15, 0.2) is 5.82 Å². The summed E-state index contributed by atoms with van der Waals surface area (Å²) in [6.45, 7) is 10.2. The van der Waals surface area contributed by atoms with Crippen molar-refractivity contribution in [2.75, 3.05) is 37.6 Å². The minimum atomic E-state index is -0.636. The number of fused-ring (bicyclic) bond motifs is 1. The van der Waals surface area contributed by atoms with E-state index in [2.05, 4.69) is 25.9 Å². The molecule has 1 aliphatic heterocycles. The number of nitrogens with zero attached hydrogens (tertiary/aromatic N) is 5. The van der Waals surface area contributed by atoms with Crippen molar-refractivity contribution in [1.29, 1.82) is 0 Å². The Hall–Kier alpha value is -1.66. The van der Waals surface area contributed by atoms with E-state index in [0.29, 0.717) is 6.54 Å². The molecule has 2 aromatic rings. The van der Waals surface area contributed by atoms with Crippen LogP contribution in [0.25, 0.3) is 5.52 Å². The summed E-state index contributed by atoms with van der Waals surface area (Å²) in [6.07, 6.45) is 3.69. The molecule has 114 valence electrons. The molecule has 0 spiro atoms. The van der Waals surface area contributed by atoms with E-state index in [1.807, 2.05) is 31.5 Å². The summed E-state index contributed by atoms with van der Waals surface area (Å²) in [5.74, 6) is 1.00. The molecule has 0 saturated carbocycles. The molecule has 0 radical (unpaired) electrons. The molecule has 0 amide bonds. The molecule has 1 aliphatic rings. The SMILES string of the molecule is Cc1cc2c(N3CCN(CC(C)(C)O)CC3)nccn2n1. The first-order valence-corrected chi connectivity index (χ1v) is 7.43. The minimum absolute atomic E-state index is 0.636. The quantitative estimate of drug-likeness (QED) is 0.911. The third-order valence-corrected chi connectivity index (χ3v) is 3.77. The maximum absolute atomic E-state index is 9.92. The fraction of sp³-hybridized carbons (Fsp3) is 0.600. The average Bonchev–Trinajstić information content (AvgIpc) is 2.78. The van der Waals surface area contributed by atoms with Crippen molar-refractivity contribution in [1.82, 2.24) is 19.5 Å². The van der Waals surface area contributed by atoms with Gasteiger partial charge in [-0.05, 0) is 26.8 Å². The third-order valence-electron chi connectivity index (χ3n) is 3.77. The highest BCUT2D eigenvalue weighted by Gasteiger charge is 2.24. The van der Waals surface area contributed by atoms with Gasteiger partial charge in [-0.3, -0.25) is 4.90 Å². The Kier molecular flexibility index (Phi) is 3.59. The molecule has 1 saturated heterocycles. The van der Waals surface area contributed by atoms with Crippen LogP contribution in [0, 0.1) is 6.92 Å². The van der Waals surface area contributed by atoms with Gasteiger partial charge in [0.2, 0.25) is 0 Å². The Balaban J connectivity index is 1.74. The molecule has 3 rings (SSSR count). The molecular formula is C15H23N5O. The molecule has 1 N–H and O–H groups in total. The zero-order chi connectivity index (χ0) is 15.0. The van der Waals surface area contributed by atoms with Crippen LogP contribution < -0.4 is 4.90 Å². The smallest absolute Gasteiger partial charge is 0.154 e. The third kappa shape index (κ3) is 3.16. The van der Waals surface area contributed by atoms with Gasteiger partial charge in [-0.1, -0.05) is 0 Å². The molecule has 0 aliphatic carbocycles. The van der Waals surface area contributed by atoms with Crippen molar-refractivity contribution in [2.45, 2.75) is 26.4 Å². The molecule has 0 aromatic carbocycles. The van der Waals surface area contributed by atoms with Crippen molar-refractivity contribution in [3.05, 3.63) is 24.2 Å². The number of piperazine rings is 1. The van der Waals surface area contributed by atoms with Gasteiger partial charge in [0.1, 0.15) is 5.52 Å². The van der Waals surface area contributed by atoms with Crippen molar-refractivity contribution in [3.8, 4) is 0 Å². The summed E-state index contributed by atoms with van der Waals surface area (Å²) in [7, 11) is 0. The normalized spacial score (nSPS) is 17.6. The fourth-order valence-electron chi connectivity index (χ4n) is 2.94. The second-order valence-electron chi connectivity index (χ2n) is 6.44. The number of aliphatic hydroxyl groups is 1. The average molecular weight is 289 g/mol. The summed E-state index contributed by atoms with van der Waals surface area (Å²) >= 11 is 0. The Morgan fingerprint density at radius 1 is 1.24 bits per heavy atom. The lowest BCUT2D eigenvalue weighted by molar-refractivity contribution is 0.0345. The molecule has 0 unspecified atom stereocenters. The summed E-state index contributed by atoms with van der Waals surface area (Å²) in [4.78, 5) is 9.15. The second-order valence-corrected chi connectivity index (χ2v) is 6.44. The van der Waals surface area contributed by atoms with Crippen LogP contribution in [-0.2, 0) is 0 Å². The lowest BCUT2D eigenvalue weighted by atomic mass is 10.1. The number of rotatable bonds is 3. The number of β-amino-alcohol motifs (C(OH)–C–C–N with tert-alkyl or cyclic N) is 1. The summed E-state index contributed by atoms with van der Waals surface area (Å²) in [5, 5.41) is 14.4. The van der Waals surface area contributed by atoms with E-state index in [9.17, 15) is 5.11 Å². The molecule has 1 fully saturated rings. The Morgan fingerprint density at radius 3 is 2.62 bits per heavy atom. The van der Waals surface area contributed by atoms with Gasteiger partial charge in [0.25, 0.3) is 0 Å². The van der Waals surface area contributed by atoms with Crippen LogP contribution >= 0.6 is 0 Å². The van der Waals surface area contributed by atoms with E-state index in [4.69, 9.17) is 0 Å². The predicted molar refractivity (Wildman–Crippen MR) is 82.7 cm³/mol. The standard InChI is InChI=1S/C15H23N5O/c1-12-10-13-14(16-4-5-20(13)17-12)19-8-6-18(7-9-19)11-15(2,3)21/h4-5,10,21H,6-9,11H2,1-3H3. The van der Waals surface area contributed by atoms with Crippen LogP contribution in [0.2, 0.25) is 0 Å². The molecule has 21 heavy (non-hydrogen) atoms. The molecular weight excluding hydrogens is 266 g/mol. The summed E-state index contributed by atoms with van der Waals surface area (Å²) < 4.78 is 1.89. The predicted octanol–water partition coefficient (Wildman–Crippen LogP) is 0.931. The zero-order valence-electron chi connectivity index (χ0n) is 13.0. The number of anilines is 1. The van der Waals surface area contributed by atoms with Gasteiger partial charge < -0.3 is 10.0 Å². The Labute approximate surface area is 125 Å².